The number of rotatable bonds is 25. The standard InChI is InChI=1S/C50H56F4N6O12/c1-31(50(52,53)54)58(29-32-9-11-34(51)12-10-32)43(64)30-59-47(67)49(72-48(59)68)19-17-33-27-35(13-15-39(33)49)57-42(63)8-3-2-5-37(61)18-21-69-23-25-71-26-24-70-22-20-55-40-7-4-6-38-44(40)46(66)60(45(38)65)36-14-16-41(62)56-28-36/h4,6-7,9-13,15,27,31,36,55H,2-3,5,8,14,16-26,28-30H2,1H3,(H,56,62)(H,57,63)/t31-,36?,49+/m0/s1. The second-order valence-electron chi connectivity index (χ2n) is 17.8. The zero-order valence-corrected chi connectivity index (χ0v) is 39.6. The van der Waals surface area contributed by atoms with Gasteiger partial charge in [-0.2, -0.15) is 13.2 Å². The van der Waals surface area contributed by atoms with Gasteiger partial charge in [0.05, 0.1) is 56.8 Å². The van der Waals surface area contributed by atoms with E-state index < -0.39 is 54.6 Å². The number of unbranched alkanes of at least 4 members (excludes halogenated alkanes) is 1. The van der Waals surface area contributed by atoms with Crippen molar-refractivity contribution in [3.63, 3.8) is 0 Å². The molecule has 1 spiro atoms. The number of piperidine rings is 1. The summed E-state index contributed by atoms with van der Waals surface area (Å²) in [5.74, 6) is -3.85. The third kappa shape index (κ3) is 12.6. The van der Waals surface area contributed by atoms with Crippen LogP contribution in [0.2, 0.25) is 0 Å². The summed E-state index contributed by atoms with van der Waals surface area (Å²) >= 11 is 0. The van der Waals surface area contributed by atoms with Gasteiger partial charge in [-0.1, -0.05) is 24.3 Å². The van der Waals surface area contributed by atoms with Gasteiger partial charge in [0.25, 0.3) is 17.7 Å². The van der Waals surface area contributed by atoms with Gasteiger partial charge in [0.1, 0.15) is 24.2 Å². The maximum Gasteiger partial charge on any atom is 0.418 e. The van der Waals surface area contributed by atoms with Crippen LogP contribution in [0.4, 0.5) is 33.7 Å². The summed E-state index contributed by atoms with van der Waals surface area (Å²) in [5.41, 5.74) is 0.930. The lowest BCUT2D eigenvalue weighted by molar-refractivity contribution is -0.187. The number of nitrogens with zero attached hydrogens (tertiary/aromatic N) is 3. The van der Waals surface area contributed by atoms with Crippen molar-refractivity contribution in [2.45, 2.75) is 95.1 Å². The lowest BCUT2D eigenvalue weighted by Crippen LogP contribution is -2.51. The van der Waals surface area contributed by atoms with Crippen LogP contribution in [-0.2, 0) is 61.5 Å². The van der Waals surface area contributed by atoms with E-state index in [4.69, 9.17) is 18.9 Å². The Bertz CT molecular complexity index is 2530. The van der Waals surface area contributed by atoms with Gasteiger partial charge in [-0.25, -0.2) is 14.1 Å². The molecule has 3 atom stereocenters. The first-order valence-electron chi connectivity index (χ1n) is 23.8. The van der Waals surface area contributed by atoms with Crippen molar-refractivity contribution < 1.29 is 74.9 Å². The zero-order valence-electron chi connectivity index (χ0n) is 39.6. The van der Waals surface area contributed by atoms with Crippen molar-refractivity contribution in [3.05, 3.63) is 94.3 Å². The van der Waals surface area contributed by atoms with Gasteiger partial charge >= 0.3 is 12.3 Å². The van der Waals surface area contributed by atoms with Gasteiger partial charge in [-0.05, 0) is 80.1 Å². The van der Waals surface area contributed by atoms with Crippen LogP contribution < -0.4 is 16.0 Å². The van der Waals surface area contributed by atoms with E-state index in [1.165, 1.54) is 29.2 Å². The number of nitrogens with one attached hydrogen (secondary N) is 3. The molecule has 4 aliphatic rings. The molecule has 18 nitrogen and oxygen atoms in total. The third-order valence-electron chi connectivity index (χ3n) is 13.0. The molecule has 0 bridgehead atoms. The highest BCUT2D eigenvalue weighted by Gasteiger charge is 2.59. The molecule has 2 fully saturated rings. The van der Waals surface area contributed by atoms with Gasteiger partial charge < -0.3 is 39.8 Å². The highest BCUT2D eigenvalue weighted by molar-refractivity contribution is 6.24. The number of halogens is 4. The molecule has 386 valence electrons. The number of amides is 7. The molecule has 3 heterocycles. The monoisotopic (exact) mass is 1010 g/mol. The average Bonchev–Trinajstić information content (AvgIpc) is 3.93. The SMILES string of the molecule is C[C@H](N(Cc1ccc(F)cc1)C(=O)CN1C(=O)O[C@@]2(CCc3cc(NC(=O)CCCCC(=O)CCOCCOCCOCCNc4cccc5c4C(=O)N(C4CCC(=O)NC4)C5=O)ccc32)C1=O)C(F)(F)F. The quantitative estimate of drug-likeness (QED) is 0.0550. The number of imide groups is 2. The van der Waals surface area contributed by atoms with E-state index in [2.05, 4.69) is 16.0 Å². The Hall–Kier alpha value is -6.78. The molecule has 3 aromatic rings. The topological polar surface area (TPSA) is 219 Å². The Kier molecular flexibility index (Phi) is 17.4. The molecule has 7 amide bonds. The van der Waals surface area contributed by atoms with Crippen molar-refractivity contribution in [3.8, 4) is 0 Å². The van der Waals surface area contributed by atoms with Crippen molar-refractivity contribution >= 4 is 58.7 Å². The van der Waals surface area contributed by atoms with Gasteiger partial charge in [-0.3, -0.25) is 38.5 Å². The summed E-state index contributed by atoms with van der Waals surface area (Å²) in [6.45, 7) is 1.57. The van der Waals surface area contributed by atoms with Gasteiger partial charge in [0.2, 0.25) is 23.3 Å². The second-order valence-corrected chi connectivity index (χ2v) is 17.8. The van der Waals surface area contributed by atoms with Crippen LogP contribution in [-0.4, -0.2) is 140 Å². The summed E-state index contributed by atoms with van der Waals surface area (Å²) in [4.78, 5) is 105. The Balaban J connectivity index is 0.732. The van der Waals surface area contributed by atoms with Crippen LogP contribution >= 0.6 is 0 Å². The van der Waals surface area contributed by atoms with Crippen LogP contribution in [0.15, 0.2) is 60.7 Å². The van der Waals surface area contributed by atoms with Crippen molar-refractivity contribution in [2.24, 2.45) is 0 Å². The molecule has 2 saturated heterocycles. The van der Waals surface area contributed by atoms with E-state index in [0.717, 1.165) is 19.1 Å². The number of ether oxygens (including phenoxy) is 4. The molecule has 3 N–H and O–H groups in total. The van der Waals surface area contributed by atoms with Crippen LogP contribution in [0.1, 0.15) is 95.7 Å². The Morgan fingerprint density at radius 3 is 2.29 bits per heavy atom. The molecule has 1 aliphatic carbocycles. The Morgan fingerprint density at radius 1 is 0.875 bits per heavy atom. The van der Waals surface area contributed by atoms with Crippen LogP contribution in [0.3, 0.4) is 0 Å². The molecule has 3 aliphatic heterocycles. The second kappa shape index (κ2) is 23.6. The summed E-state index contributed by atoms with van der Waals surface area (Å²) < 4.78 is 77.1. The minimum Gasteiger partial charge on any atom is -0.427 e. The minimum absolute atomic E-state index is 0.0119. The summed E-state index contributed by atoms with van der Waals surface area (Å²) in [5, 5.41) is 8.68. The number of hydrogen-bond acceptors (Lipinski definition) is 13. The number of alkyl halides is 3. The Labute approximate surface area is 412 Å². The van der Waals surface area contributed by atoms with Gasteiger partial charge in [0.15, 0.2) is 0 Å². The fourth-order valence-corrected chi connectivity index (χ4v) is 9.03. The molecule has 3 aromatic carbocycles. The van der Waals surface area contributed by atoms with E-state index in [1.54, 1.807) is 24.3 Å². The number of carbonyl (C=O) groups excluding carboxylic acids is 8. The number of hydrogen-bond donors (Lipinski definition) is 3. The lowest BCUT2D eigenvalue weighted by Gasteiger charge is -2.31. The molecular weight excluding hydrogens is 953 g/mol. The molecule has 72 heavy (non-hydrogen) atoms. The first kappa shape index (κ1) is 53.0. The lowest BCUT2D eigenvalue weighted by atomic mass is 9.94. The van der Waals surface area contributed by atoms with E-state index in [9.17, 15) is 55.9 Å². The van der Waals surface area contributed by atoms with Crippen LogP contribution in [0.25, 0.3) is 0 Å². The summed E-state index contributed by atoms with van der Waals surface area (Å²) in [6.07, 6.45) is -3.54. The molecule has 0 aromatic heterocycles. The molecule has 7 rings (SSSR count). The fourth-order valence-electron chi connectivity index (χ4n) is 9.03. The fraction of sp³-hybridized carbons (Fsp3) is 0.480. The maximum atomic E-state index is 13.8. The smallest absolute Gasteiger partial charge is 0.418 e. The molecule has 1 unspecified atom stereocenters. The third-order valence-corrected chi connectivity index (χ3v) is 13.0. The van der Waals surface area contributed by atoms with Crippen molar-refractivity contribution in [1.82, 2.24) is 20.0 Å². The predicted molar refractivity (Wildman–Crippen MR) is 248 cm³/mol. The maximum absolute atomic E-state index is 13.8. The number of carbonyl (C=O) groups is 8. The van der Waals surface area contributed by atoms with Crippen LogP contribution in [0, 0.1) is 5.82 Å². The summed E-state index contributed by atoms with van der Waals surface area (Å²) in [7, 11) is 0. The van der Waals surface area contributed by atoms with Crippen molar-refractivity contribution in [1.29, 1.82) is 0 Å². The number of anilines is 2. The number of Topliss-reactive ketones (excluding diaryl/α,β-unsaturated/α-hetero) is 1. The van der Waals surface area contributed by atoms with Gasteiger partial charge in [-0.15, -0.1) is 0 Å². The minimum atomic E-state index is -4.84. The van der Waals surface area contributed by atoms with E-state index in [0.29, 0.717) is 95.7 Å². The number of aryl methyl sites for hydroxylation is 1. The number of ketones is 1. The zero-order chi connectivity index (χ0) is 51.6. The Morgan fingerprint density at radius 2 is 1.58 bits per heavy atom. The normalized spacial score (nSPS) is 18.8. The number of fused-ring (bicyclic) bond motifs is 3. The van der Waals surface area contributed by atoms with E-state index >= 15 is 0 Å². The van der Waals surface area contributed by atoms with Crippen LogP contribution in [0.5, 0.6) is 0 Å². The van der Waals surface area contributed by atoms with E-state index in [-0.39, 0.29) is 99.3 Å². The largest absolute Gasteiger partial charge is 0.427 e. The molecule has 22 heteroatoms. The van der Waals surface area contributed by atoms with Crippen molar-refractivity contribution in [2.75, 3.05) is 69.9 Å². The first-order chi connectivity index (χ1) is 34.5. The highest BCUT2D eigenvalue weighted by Crippen LogP contribution is 2.46. The van der Waals surface area contributed by atoms with Gasteiger partial charge in [0, 0.05) is 68.7 Å². The summed E-state index contributed by atoms with van der Waals surface area (Å²) in [6, 6.07) is 11.6. The van der Waals surface area contributed by atoms with E-state index in [1.807, 2.05) is 0 Å². The molecular formula is C50H56F4N6O12. The number of benzene rings is 3. The molecule has 0 radical (unpaired) electrons. The predicted octanol–water partition coefficient (Wildman–Crippen LogP) is 5.42. The molecule has 0 saturated carbocycles. The average molecular weight is 1010 g/mol. The highest BCUT2D eigenvalue weighted by atomic mass is 19.4. The first-order valence-corrected chi connectivity index (χ1v) is 23.8.